The third-order valence-corrected chi connectivity index (χ3v) is 3.92. The van der Waals surface area contributed by atoms with E-state index < -0.39 is 0 Å². The zero-order valence-electron chi connectivity index (χ0n) is 11.7. The Morgan fingerprint density at radius 1 is 1.23 bits per heavy atom. The van der Waals surface area contributed by atoms with Gasteiger partial charge in [-0.3, -0.25) is 9.78 Å². The molecule has 6 nitrogen and oxygen atoms in total. The highest BCUT2D eigenvalue weighted by Crippen LogP contribution is 2.16. The van der Waals surface area contributed by atoms with Crippen molar-refractivity contribution in [1.82, 2.24) is 20.5 Å². The van der Waals surface area contributed by atoms with Crippen molar-refractivity contribution >= 4 is 17.2 Å². The maximum Gasteiger partial charge on any atom is 0.247 e. The Bertz CT molecular complexity index is 725. The molecule has 112 valence electrons. The first kappa shape index (κ1) is 14.4. The van der Waals surface area contributed by atoms with Gasteiger partial charge in [-0.1, -0.05) is 6.07 Å². The first-order valence-electron chi connectivity index (χ1n) is 6.83. The van der Waals surface area contributed by atoms with Crippen molar-refractivity contribution in [3.63, 3.8) is 0 Å². The van der Waals surface area contributed by atoms with E-state index in [-0.39, 0.29) is 12.3 Å². The molecule has 1 N–H and O–H groups in total. The summed E-state index contributed by atoms with van der Waals surface area (Å²) in [7, 11) is 0. The number of thiophene rings is 1. The fourth-order valence-corrected chi connectivity index (χ4v) is 2.62. The predicted octanol–water partition coefficient (Wildman–Crippen LogP) is 2.09. The van der Waals surface area contributed by atoms with Gasteiger partial charge >= 0.3 is 0 Å². The summed E-state index contributed by atoms with van der Waals surface area (Å²) in [5, 5.41) is 12.7. The van der Waals surface area contributed by atoms with Crippen LogP contribution in [-0.4, -0.2) is 27.6 Å². The molecule has 0 saturated heterocycles. The lowest BCUT2D eigenvalue weighted by atomic mass is 10.3. The van der Waals surface area contributed by atoms with Gasteiger partial charge in [0.05, 0.1) is 0 Å². The van der Waals surface area contributed by atoms with Gasteiger partial charge in [-0.2, -0.15) is 0 Å². The molecule has 0 aliphatic carbocycles. The van der Waals surface area contributed by atoms with Crippen LogP contribution in [0.3, 0.4) is 0 Å². The van der Waals surface area contributed by atoms with Crippen LogP contribution in [0.4, 0.5) is 0 Å². The van der Waals surface area contributed by atoms with Crippen LogP contribution in [0.25, 0.3) is 11.5 Å². The molecule has 0 radical (unpaired) electrons. The lowest BCUT2D eigenvalue weighted by molar-refractivity contribution is -0.120. The van der Waals surface area contributed by atoms with Crippen LogP contribution in [0.2, 0.25) is 0 Å². The number of amides is 1. The average Bonchev–Trinajstić information content (AvgIpc) is 3.20. The largest absolute Gasteiger partial charge is 0.420 e. The normalized spacial score (nSPS) is 10.5. The molecule has 3 heterocycles. The van der Waals surface area contributed by atoms with Gasteiger partial charge in [0.2, 0.25) is 17.7 Å². The van der Waals surface area contributed by atoms with E-state index in [0.717, 1.165) is 12.0 Å². The first-order valence-corrected chi connectivity index (χ1v) is 7.71. The monoisotopic (exact) mass is 314 g/mol. The van der Waals surface area contributed by atoms with Crippen LogP contribution in [0.1, 0.15) is 10.8 Å². The SMILES string of the molecule is O=C(Cc1nnc(-c2ccncc2)o1)NCCc1cccs1. The number of carbonyl (C=O) groups is 1. The summed E-state index contributed by atoms with van der Waals surface area (Å²) < 4.78 is 5.48. The van der Waals surface area contributed by atoms with Crippen LogP contribution in [0.15, 0.2) is 46.5 Å². The fourth-order valence-electron chi connectivity index (χ4n) is 1.92. The van der Waals surface area contributed by atoms with Gasteiger partial charge in [-0.25, -0.2) is 0 Å². The molecule has 0 aliphatic heterocycles. The summed E-state index contributed by atoms with van der Waals surface area (Å²) in [4.78, 5) is 17.0. The maximum absolute atomic E-state index is 11.8. The van der Waals surface area contributed by atoms with Crippen molar-refractivity contribution in [1.29, 1.82) is 0 Å². The van der Waals surface area contributed by atoms with Crippen LogP contribution in [-0.2, 0) is 17.6 Å². The van der Waals surface area contributed by atoms with Gasteiger partial charge in [0, 0.05) is 29.4 Å². The summed E-state index contributed by atoms with van der Waals surface area (Å²) in [6.45, 7) is 0.602. The lowest BCUT2D eigenvalue weighted by Crippen LogP contribution is -2.27. The van der Waals surface area contributed by atoms with Crippen LogP contribution >= 0.6 is 11.3 Å². The van der Waals surface area contributed by atoms with Crippen molar-refractivity contribution in [2.24, 2.45) is 0 Å². The second kappa shape index (κ2) is 6.95. The standard InChI is InChI=1S/C15H14N4O2S/c20-13(17-8-5-12-2-1-9-22-12)10-14-18-19-15(21-14)11-3-6-16-7-4-11/h1-4,6-7,9H,5,8,10H2,(H,17,20). The van der Waals surface area contributed by atoms with Crippen LogP contribution in [0.5, 0.6) is 0 Å². The number of nitrogens with zero attached hydrogens (tertiary/aromatic N) is 3. The summed E-state index contributed by atoms with van der Waals surface area (Å²) in [5.74, 6) is 0.575. The molecule has 3 aromatic heterocycles. The van der Waals surface area contributed by atoms with E-state index in [1.165, 1.54) is 4.88 Å². The number of carbonyl (C=O) groups excluding carboxylic acids is 1. The molecule has 22 heavy (non-hydrogen) atoms. The Labute approximate surface area is 131 Å². The van der Waals surface area contributed by atoms with Crippen LogP contribution < -0.4 is 5.32 Å². The molecule has 0 aliphatic rings. The molecule has 0 atom stereocenters. The topological polar surface area (TPSA) is 80.9 Å². The predicted molar refractivity (Wildman–Crippen MR) is 82.3 cm³/mol. The summed E-state index contributed by atoms with van der Waals surface area (Å²) in [6, 6.07) is 7.60. The van der Waals surface area contributed by atoms with Crippen molar-refractivity contribution < 1.29 is 9.21 Å². The summed E-state index contributed by atoms with van der Waals surface area (Å²) >= 11 is 1.68. The quantitative estimate of drug-likeness (QED) is 0.753. The van der Waals surface area contributed by atoms with Crippen molar-refractivity contribution in [2.45, 2.75) is 12.8 Å². The first-order chi connectivity index (χ1) is 10.8. The van der Waals surface area contributed by atoms with Gasteiger partial charge in [-0.05, 0) is 30.0 Å². The average molecular weight is 314 g/mol. The highest BCUT2D eigenvalue weighted by atomic mass is 32.1. The third kappa shape index (κ3) is 3.76. The van der Waals surface area contributed by atoms with Gasteiger partial charge in [-0.15, -0.1) is 21.5 Å². The molecule has 3 aromatic rings. The molecule has 0 saturated carbocycles. The number of aromatic nitrogens is 3. The van der Waals surface area contributed by atoms with E-state index in [0.29, 0.717) is 18.3 Å². The fraction of sp³-hybridized carbons (Fsp3) is 0.200. The van der Waals surface area contributed by atoms with E-state index in [1.807, 2.05) is 11.4 Å². The number of nitrogens with one attached hydrogen (secondary N) is 1. The molecule has 0 aromatic carbocycles. The molecule has 0 bridgehead atoms. The second-order valence-corrected chi connectivity index (χ2v) is 5.63. The van der Waals surface area contributed by atoms with Gasteiger partial charge in [0.15, 0.2) is 0 Å². The highest BCUT2D eigenvalue weighted by Gasteiger charge is 2.12. The molecular formula is C15H14N4O2S. The summed E-state index contributed by atoms with van der Waals surface area (Å²) in [5.41, 5.74) is 0.784. The zero-order valence-corrected chi connectivity index (χ0v) is 12.5. The Morgan fingerprint density at radius 2 is 2.09 bits per heavy atom. The maximum atomic E-state index is 11.8. The zero-order chi connectivity index (χ0) is 15.2. The Morgan fingerprint density at radius 3 is 2.86 bits per heavy atom. The van der Waals surface area contributed by atoms with Crippen molar-refractivity contribution in [3.05, 3.63) is 52.8 Å². The van der Waals surface area contributed by atoms with E-state index in [2.05, 4.69) is 26.6 Å². The molecule has 3 rings (SSSR count). The van der Waals surface area contributed by atoms with Crippen molar-refractivity contribution in [3.8, 4) is 11.5 Å². The highest BCUT2D eigenvalue weighted by molar-refractivity contribution is 7.09. The van der Waals surface area contributed by atoms with Gasteiger partial charge in [0.1, 0.15) is 6.42 Å². The lowest BCUT2D eigenvalue weighted by Gasteiger charge is -2.01. The van der Waals surface area contributed by atoms with E-state index >= 15 is 0 Å². The number of hydrogen-bond acceptors (Lipinski definition) is 6. The van der Waals surface area contributed by atoms with Crippen LogP contribution in [0, 0.1) is 0 Å². The Hall–Kier alpha value is -2.54. The minimum absolute atomic E-state index is 0.0858. The second-order valence-electron chi connectivity index (χ2n) is 4.59. The third-order valence-electron chi connectivity index (χ3n) is 2.98. The minimum Gasteiger partial charge on any atom is -0.420 e. The number of hydrogen-bond donors (Lipinski definition) is 1. The number of pyridine rings is 1. The van der Waals surface area contributed by atoms with Crippen molar-refractivity contribution in [2.75, 3.05) is 6.54 Å². The number of rotatable bonds is 6. The van der Waals surface area contributed by atoms with Gasteiger partial charge < -0.3 is 9.73 Å². The smallest absolute Gasteiger partial charge is 0.247 e. The Balaban J connectivity index is 1.50. The summed E-state index contributed by atoms with van der Waals surface area (Å²) in [6.07, 6.45) is 4.21. The Kier molecular flexibility index (Phi) is 4.55. The minimum atomic E-state index is -0.124. The molecule has 0 fully saturated rings. The molecule has 1 amide bonds. The molecule has 0 unspecified atom stereocenters. The van der Waals surface area contributed by atoms with E-state index in [4.69, 9.17) is 4.42 Å². The molecular weight excluding hydrogens is 300 g/mol. The molecule has 7 heteroatoms. The molecule has 0 spiro atoms. The van der Waals surface area contributed by atoms with E-state index in [9.17, 15) is 4.79 Å². The van der Waals surface area contributed by atoms with Gasteiger partial charge in [0.25, 0.3) is 0 Å². The van der Waals surface area contributed by atoms with E-state index in [1.54, 1.807) is 35.9 Å².